The van der Waals surface area contributed by atoms with E-state index < -0.39 is 11.8 Å². The van der Waals surface area contributed by atoms with E-state index in [4.69, 9.17) is 0 Å². The van der Waals surface area contributed by atoms with Crippen molar-refractivity contribution >= 4 is 5.91 Å². The summed E-state index contributed by atoms with van der Waals surface area (Å²) in [5.41, 5.74) is 5.72. The molecule has 4 heteroatoms. The molecule has 0 saturated heterocycles. The molecule has 2 nitrogen and oxygen atoms in total. The van der Waals surface area contributed by atoms with E-state index in [2.05, 4.69) is 0 Å². The predicted octanol–water partition coefficient (Wildman–Crippen LogP) is 3.71. The molecule has 0 bridgehead atoms. The number of benzene rings is 2. The van der Waals surface area contributed by atoms with Crippen LogP contribution in [0.4, 0.5) is 4.48 Å². The van der Waals surface area contributed by atoms with E-state index in [9.17, 15) is 9.28 Å². The minimum Gasteiger partial charge on any atom is -0.272 e. The van der Waals surface area contributed by atoms with Gasteiger partial charge in [-0.1, -0.05) is 59.7 Å². The first kappa shape index (κ1) is 19.1. The van der Waals surface area contributed by atoms with Gasteiger partial charge in [0, 0.05) is 43.7 Å². The maximum Gasteiger partial charge on any atom is 0.251 e. The van der Waals surface area contributed by atoms with E-state index in [0.717, 1.165) is 11.1 Å². The van der Waals surface area contributed by atoms with Gasteiger partial charge in [0.1, 0.15) is 0 Å². The van der Waals surface area contributed by atoms with Gasteiger partial charge in [-0.3, -0.25) is 4.79 Å². The van der Waals surface area contributed by atoms with Crippen LogP contribution in [0.25, 0.3) is 0 Å². The number of rotatable bonds is 5. The first-order chi connectivity index (χ1) is 10.1. The molecule has 0 aromatic heterocycles. The summed E-state index contributed by atoms with van der Waals surface area (Å²) in [5.74, 6) is -0.962. The molecule has 118 valence electrons. The Balaban J connectivity index is 0.00000242. The summed E-state index contributed by atoms with van der Waals surface area (Å²) in [5, 5.41) is 0. The zero-order valence-corrected chi connectivity index (χ0v) is 13.5. The van der Waals surface area contributed by atoms with Crippen molar-refractivity contribution in [3.63, 3.8) is 0 Å². The molecule has 0 aliphatic heterocycles. The van der Waals surface area contributed by atoms with Crippen LogP contribution in [0.2, 0.25) is 0 Å². The number of amides is 1. The summed E-state index contributed by atoms with van der Waals surface area (Å²) in [6.45, 7) is 4.03. The molecule has 2 aromatic carbocycles. The fourth-order valence-electron chi connectivity index (χ4n) is 2.35. The van der Waals surface area contributed by atoms with Crippen molar-refractivity contribution in [3.05, 3.63) is 70.8 Å². The van der Waals surface area contributed by atoms with Crippen LogP contribution < -0.4 is 5.54 Å². The van der Waals surface area contributed by atoms with Gasteiger partial charge < -0.3 is 0 Å². The number of nitrogens with one attached hydrogen (secondary N) is 1. The first-order valence-corrected chi connectivity index (χ1v) is 7.10. The predicted molar refractivity (Wildman–Crippen MR) is 82.5 cm³/mol. The van der Waals surface area contributed by atoms with Crippen LogP contribution in [0.15, 0.2) is 48.5 Å². The number of hydrogen-bond acceptors (Lipinski definition) is 1. The number of carbonyl (C=O) groups is 1. The molecule has 22 heavy (non-hydrogen) atoms. The molecule has 0 fully saturated rings. The summed E-state index contributed by atoms with van der Waals surface area (Å²) in [6, 6.07) is 16.0. The van der Waals surface area contributed by atoms with Crippen molar-refractivity contribution in [2.75, 3.05) is 0 Å². The zero-order valence-electron chi connectivity index (χ0n) is 12.8. The Bertz CT molecular complexity index is 548. The minimum absolute atomic E-state index is 0. The molecule has 0 atom stereocenters. The van der Waals surface area contributed by atoms with Crippen LogP contribution >= 0.6 is 0 Å². The van der Waals surface area contributed by atoms with E-state index in [-0.39, 0.29) is 37.7 Å². The van der Waals surface area contributed by atoms with Gasteiger partial charge >= 0.3 is 0 Å². The monoisotopic (exact) mass is 325 g/mol. The van der Waals surface area contributed by atoms with Crippen molar-refractivity contribution in [1.29, 1.82) is 0 Å². The Morgan fingerprint density at radius 1 is 0.909 bits per heavy atom. The molecule has 0 radical (unpaired) electrons. The average Bonchev–Trinajstić information content (AvgIpc) is 2.50. The van der Waals surface area contributed by atoms with Gasteiger partial charge in [-0.15, -0.1) is 4.48 Å². The van der Waals surface area contributed by atoms with Crippen LogP contribution in [-0.2, 0) is 17.6 Å². The van der Waals surface area contributed by atoms with Gasteiger partial charge in [0.15, 0.2) is 0 Å². The van der Waals surface area contributed by atoms with Crippen LogP contribution in [0.3, 0.4) is 0 Å². The molecule has 0 unspecified atom stereocenters. The molecule has 1 amide bonds. The second-order valence-corrected chi connectivity index (χ2v) is 5.54. The molecule has 1 N–H and O–H groups in total. The fourth-order valence-corrected chi connectivity index (χ4v) is 2.35. The Labute approximate surface area is 161 Å². The van der Waals surface area contributed by atoms with Gasteiger partial charge in [-0.2, -0.15) is 5.54 Å². The summed E-state index contributed by atoms with van der Waals surface area (Å²) in [7, 11) is 0. The third-order valence-electron chi connectivity index (χ3n) is 3.67. The largest absolute Gasteiger partial charge is 0.272 e. The molecule has 2 aromatic rings. The summed E-state index contributed by atoms with van der Waals surface area (Å²) >= 11 is 0. The van der Waals surface area contributed by atoms with E-state index in [0.29, 0.717) is 12.8 Å². The van der Waals surface area contributed by atoms with Gasteiger partial charge in [0.2, 0.25) is 0 Å². The quantitative estimate of drug-likeness (QED) is 0.835. The standard InChI is InChI=1S/C18H20FNO.Ar/c1-13-3-7-15(8-4-13)11-17(18(21)20-19)12-16-9-5-14(2)6-10-16;/h3-10,17H,11-12H2,1-2H3,(H,20,21);. The summed E-state index contributed by atoms with van der Waals surface area (Å²) in [4.78, 5) is 11.8. The number of hydrogen-bond donors (Lipinski definition) is 1. The average molecular weight is 325 g/mol. The minimum atomic E-state index is -0.559. The molecule has 0 aliphatic carbocycles. The molecule has 0 saturated carbocycles. The number of carbonyl (C=O) groups excluding carboxylic acids is 1. The zero-order chi connectivity index (χ0) is 15.2. The van der Waals surface area contributed by atoms with Gasteiger partial charge in [-0.05, 0) is 37.8 Å². The third-order valence-corrected chi connectivity index (χ3v) is 3.67. The van der Waals surface area contributed by atoms with Crippen molar-refractivity contribution in [1.82, 2.24) is 5.54 Å². The van der Waals surface area contributed by atoms with Crippen molar-refractivity contribution in [3.8, 4) is 0 Å². The van der Waals surface area contributed by atoms with E-state index in [1.807, 2.05) is 62.4 Å². The first-order valence-electron chi connectivity index (χ1n) is 7.10. The van der Waals surface area contributed by atoms with E-state index >= 15 is 0 Å². The van der Waals surface area contributed by atoms with Crippen LogP contribution in [0.1, 0.15) is 22.3 Å². The molecule has 2 rings (SSSR count). The summed E-state index contributed by atoms with van der Waals surface area (Å²) in [6.07, 6.45) is 1.06. The van der Waals surface area contributed by atoms with Crippen molar-refractivity contribution in [2.45, 2.75) is 26.7 Å². The maximum absolute atomic E-state index is 12.6. The van der Waals surface area contributed by atoms with E-state index in [1.165, 1.54) is 16.7 Å². The Hall–Kier alpha value is -0.900. The normalized spacial score (nSPS) is 10.2. The van der Waals surface area contributed by atoms with Crippen LogP contribution in [0.5, 0.6) is 0 Å². The van der Waals surface area contributed by atoms with Crippen molar-refractivity contribution in [2.24, 2.45) is 5.92 Å². The Morgan fingerprint density at radius 2 is 1.27 bits per heavy atom. The smallest absolute Gasteiger partial charge is 0.251 e. The van der Waals surface area contributed by atoms with Crippen LogP contribution in [0, 0.1) is 57.5 Å². The second-order valence-electron chi connectivity index (χ2n) is 5.54. The third kappa shape index (κ3) is 5.71. The summed E-state index contributed by atoms with van der Waals surface area (Å²) < 4.78 is 12.6. The molecular weight excluding hydrogens is 305 g/mol. The van der Waals surface area contributed by atoms with Crippen molar-refractivity contribution < 1.29 is 47.0 Å². The van der Waals surface area contributed by atoms with Gasteiger partial charge in [0.25, 0.3) is 5.91 Å². The van der Waals surface area contributed by atoms with Gasteiger partial charge in [0.05, 0.1) is 0 Å². The Morgan fingerprint density at radius 3 is 1.59 bits per heavy atom. The topological polar surface area (TPSA) is 29.1 Å². The van der Waals surface area contributed by atoms with Crippen LogP contribution in [-0.4, -0.2) is 5.91 Å². The molecule has 0 spiro atoms. The number of halogens is 1. The molecule has 0 heterocycles. The Kier molecular flexibility index (Phi) is 8.08. The molecular formula is C18H20ArFNO. The fraction of sp³-hybridized carbons (Fsp3) is 0.278. The SMILES string of the molecule is Cc1ccc(CC(Cc2ccc(C)cc2)C(=O)NF)cc1.[Ar]. The second kappa shape index (κ2) is 9.29. The maximum atomic E-state index is 12.6. The molecule has 0 aliphatic rings. The van der Waals surface area contributed by atoms with E-state index in [1.54, 1.807) is 0 Å². The van der Waals surface area contributed by atoms with Gasteiger partial charge in [-0.25, -0.2) is 0 Å². The number of aryl methyl sites for hydroxylation is 2.